The van der Waals surface area contributed by atoms with Crippen LogP contribution >= 0.6 is 0 Å². The molecule has 0 radical (unpaired) electrons. The predicted octanol–water partition coefficient (Wildman–Crippen LogP) is 0.922. The number of nitrogens with one attached hydrogen (secondary N) is 2. The van der Waals surface area contributed by atoms with Crippen LogP contribution in [0.5, 0.6) is 5.88 Å². The highest BCUT2D eigenvalue weighted by Gasteiger charge is 2.09. The van der Waals surface area contributed by atoms with Gasteiger partial charge in [-0.05, 0) is 18.1 Å². The van der Waals surface area contributed by atoms with Gasteiger partial charge in [-0.15, -0.1) is 0 Å². The topological polar surface area (TPSA) is 103 Å². The highest BCUT2D eigenvalue weighted by Crippen LogP contribution is 2.18. The number of nitrogens with zero attached hydrogens (tertiary/aromatic N) is 2. The molecule has 3 rings (SSSR count). The highest BCUT2D eigenvalue weighted by molar-refractivity contribution is 5.83. The van der Waals surface area contributed by atoms with E-state index in [2.05, 4.69) is 15.0 Å². The normalized spacial score (nSPS) is 11.5. The molecule has 0 saturated carbocycles. The first kappa shape index (κ1) is 14.8. The molecule has 0 aliphatic heterocycles. The van der Waals surface area contributed by atoms with E-state index in [1.165, 1.54) is 13.3 Å². The molecule has 1 aromatic carbocycles. The summed E-state index contributed by atoms with van der Waals surface area (Å²) in [6.45, 7) is 0.462. The lowest BCUT2D eigenvalue weighted by Gasteiger charge is -2.02. The van der Waals surface area contributed by atoms with Gasteiger partial charge in [-0.2, -0.15) is 0 Å². The van der Waals surface area contributed by atoms with Crippen molar-refractivity contribution >= 4 is 17.1 Å². The van der Waals surface area contributed by atoms with E-state index in [1.807, 2.05) is 30.5 Å². The van der Waals surface area contributed by atoms with E-state index in [0.29, 0.717) is 13.0 Å². The van der Waals surface area contributed by atoms with Gasteiger partial charge < -0.3 is 10.1 Å². The third kappa shape index (κ3) is 2.80. The van der Waals surface area contributed by atoms with Crippen molar-refractivity contribution in [3.8, 4) is 5.88 Å². The Bertz CT molecular complexity index is 994. The summed E-state index contributed by atoms with van der Waals surface area (Å²) in [5.41, 5.74) is 0.867. The van der Waals surface area contributed by atoms with Gasteiger partial charge in [0.25, 0.3) is 5.56 Å². The molecule has 2 heterocycles. The minimum atomic E-state index is -0.663. The Balaban J connectivity index is 1.77. The summed E-state index contributed by atoms with van der Waals surface area (Å²) in [6.07, 6.45) is 3.93. The summed E-state index contributed by atoms with van der Waals surface area (Å²) in [7, 11) is 1.37. The first-order chi connectivity index (χ1) is 11.1. The summed E-state index contributed by atoms with van der Waals surface area (Å²) >= 11 is 0. The van der Waals surface area contributed by atoms with E-state index in [9.17, 15) is 14.7 Å². The van der Waals surface area contributed by atoms with Crippen LogP contribution in [0.1, 0.15) is 11.1 Å². The SMILES string of the molecule is Cn1c(O)c(C=NCCc2c[nH]c3ccccc23)c(=O)[nH]c1=O. The number of rotatable bonds is 4. The standard InChI is InChI=1S/C16H16N4O3/c1-20-15(22)12(14(21)19-16(20)23)9-17-7-6-10-8-18-13-5-3-2-4-11(10)13/h2-5,8-9,18,22H,6-7H2,1H3,(H,19,21,23). The van der Waals surface area contributed by atoms with Crippen LogP contribution in [0.2, 0.25) is 0 Å². The molecule has 0 atom stereocenters. The fourth-order valence-electron chi connectivity index (χ4n) is 2.42. The fourth-order valence-corrected chi connectivity index (χ4v) is 2.42. The Morgan fingerprint density at radius 3 is 2.91 bits per heavy atom. The smallest absolute Gasteiger partial charge is 0.330 e. The van der Waals surface area contributed by atoms with Gasteiger partial charge in [-0.25, -0.2) is 4.79 Å². The maximum atomic E-state index is 11.7. The van der Waals surface area contributed by atoms with E-state index >= 15 is 0 Å². The summed E-state index contributed by atoms with van der Waals surface area (Å²) in [5.74, 6) is -0.394. The van der Waals surface area contributed by atoms with Crippen LogP contribution in [0.25, 0.3) is 10.9 Å². The number of aromatic amines is 2. The number of aliphatic imine (C=N–C) groups is 1. The lowest BCUT2D eigenvalue weighted by Crippen LogP contribution is -2.30. The monoisotopic (exact) mass is 312 g/mol. The summed E-state index contributed by atoms with van der Waals surface area (Å²) in [5, 5.41) is 11.0. The van der Waals surface area contributed by atoms with Gasteiger partial charge in [0.05, 0.1) is 0 Å². The second-order valence-electron chi connectivity index (χ2n) is 5.20. The zero-order valence-electron chi connectivity index (χ0n) is 12.5. The number of H-pyrrole nitrogens is 2. The van der Waals surface area contributed by atoms with Gasteiger partial charge in [0.1, 0.15) is 5.56 Å². The van der Waals surface area contributed by atoms with Gasteiger partial charge in [-0.3, -0.25) is 19.3 Å². The Morgan fingerprint density at radius 1 is 1.30 bits per heavy atom. The van der Waals surface area contributed by atoms with Crippen LogP contribution in [-0.2, 0) is 13.5 Å². The molecular weight excluding hydrogens is 296 g/mol. The molecule has 0 aliphatic rings. The van der Waals surface area contributed by atoms with Crippen molar-refractivity contribution in [2.24, 2.45) is 12.0 Å². The molecule has 0 unspecified atom stereocenters. The summed E-state index contributed by atoms with van der Waals surface area (Å²) in [4.78, 5) is 32.5. The molecule has 0 spiro atoms. The quantitative estimate of drug-likeness (QED) is 0.624. The second-order valence-corrected chi connectivity index (χ2v) is 5.20. The Hall–Kier alpha value is -3.09. The molecule has 0 fully saturated rings. The van der Waals surface area contributed by atoms with Gasteiger partial charge >= 0.3 is 5.69 Å². The fraction of sp³-hybridized carbons (Fsp3) is 0.188. The van der Waals surface area contributed by atoms with Crippen LogP contribution in [-0.4, -0.2) is 32.4 Å². The zero-order chi connectivity index (χ0) is 16.4. The number of benzene rings is 1. The average molecular weight is 312 g/mol. The Morgan fingerprint density at radius 2 is 2.09 bits per heavy atom. The van der Waals surface area contributed by atoms with Crippen molar-refractivity contribution in [2.75, 3.05) is 6.54 Å². The van der Waals surface area contributed by atoms with E-state index in [0.717, 1.165) is 21.0 Å². The molecule has 0 saturated heterocycles. The van der Waals surface area contributed by atoms with Crippen LogP contribution in [0.3, 0.4) is 0 Å². The number of aromatic nitrogens is 3. The molecule has 0 amide bonds. The lowest BCUT2D eigenvalue weighted by molar-refractivity contribution is 0.417. The Labute approximate surface area is 131 Å². The van der Waals surface area contributed by atoms with E-state index in [1.54, 1.807) is 0 Å². The van der Waals surface area contributed by atoms with Crippen molar-refractivity contribution < 1.29 is 5.11 Å². The molecule has 0 aliphatic carbocycles. The van der Waals surface area contributed by atoms with Crippen molar-refractivity contribution in [2.45, 2.75) is 6.42 Å². The molecule has 3 N–H and O–H groups in total. The number of fused-ring (bicyclic) bond motifs is 1. The number of aromatic hydroxyl groups is 1. The van der Waals surface area contributed by atoms with Crippen LogP contribution in [0, 0.1) is 0 Å². The van der Waals surface area contributed by atoms with Gasteiger partial charge in [0.2, 0.25) is 5.88 Å². The first-order valence-electron chi connectivity index (χ1n) is 7.15. The summed E-state index contributed by atoms with van der Waals surface area (Å²) in [6, 6.07) is 7.99. The highest BCUT2D eigenvalue weighted by atomic mass is 16.3. The maximum absolute atomic E-state index is 11.7. The molecule has 7 nitrogen and oxygen atoms in total. The third-order valence-electron chi connectivity index (χ3n) is 3.73. The van der Waals surface area contributed by atoms with Crippen molar-refractivity contribution in [3.05, 3.63) is 62.4 Å². The molecule has 118 valence electrons. The molecular formula is C16H16N4O3. The van der Waals surface area contributed by atoms with Crippen molar-refractivity contribution in [3.63, 3.8) is 0 Å². The van der Waals surface area contributed by atoms with Gasteiger partial charge in [0, 0.05) is 36.9 Å². The van der Waals surface area contributed by atoms with Crippen LogP contribution in [0.4, 0.5) is 0 Å². The minimum absolute atomic E-state index is 0.0222. The molecule has 3 aromatic rings. The molecule has 7 heteroatoms. The number of hydrogen-bond acceptors (Lipinski definition) is 4. The summed E-state index contributed by atoms with van der Waals surface area (Å²) < 4.78 is 0.961. The molecule has 2 aromatic heterocycles. The Kier molecular flexibility index (Phi) is 3.84. The predicted molar refractivity (Wildman–Crippen MR) is 88.4 cm³/mol. The largest absolute Gasteiger partial charge is 0.494 e. The number of hydrogen-bond donors (Lipinski definition) is 3. The van der Waals surface area contributed by atoms with E-state index in [4.69, 9.17) is 0 Å². The van der Waals surface area contributed by atoms with Crippen molar-refractivity contribution in [1.29, 1.82) is 0 Å². The average Bonchev–Trinajstić information content (AvgIpc) is 2.95. The zero-order valence-corrected chi connectivity index (χ0v) is 12.5. The van der Waals surface area contributed by atoms with Gasteiger partial charge in [-0.1, -0.05) is 18.2 Å². The lowest BCUT2D eigenvalue weighted by atomic mass is 10.1. The van der Waals surface area contributed by atoms with E-state index < -0.39 is 17.1 Å². The van der Waals surface area contributed by atoms with Crippen molar-refractivity contribution in [1.82, 2.24) is 14.5 Å². The maximum Gasteiger partial charge on any atom is 0.330 e. The third-order valence-corrected chi connectivity index (χ3v) is 3.73. The minimum Gasteiger partial charge on any atom is -0.494 e. The molecule has 0 bridgehead atoms. The number of para-hydroxylation sites is 1. The van der Waals surface area contributed by atoms with Gasteiger partial charge in [0.15, 0.2) is 0 Å². The van der Waals surface area contributed by atoms with Crippen LogP contribution in [0.15, 0.2) is 45.0 Å². The first-order valence-corrected chi connectivity index (χ1v) is 7.15. The molecule has 23 heavy (non-hydrogen) atoms. The second kappa shape index (κ2) is 5.96. The van der Waals surface area contributed by atoms with E-state index in [-0.39, 0.29) is 5.56 Å². The van der Waals surface area contributed by atoms with Crippen LogP contribution < -0.4 is 11.2 Å².